The lowest BCUT2D eigenvalue weighted by molar-refractivity contribution is -0.384. The highest BCUT2D eigenvalue weighted by Crippen LogP contribution is 2.29. The van der Waals surface area contributed by atoms with Crippen LogP contribution in [0.1, 0.15) is 20.8 Å². The molecular formula is C10H13ClN2O2. The maximum absolute atomic E-state index is 10.8. The van der Waals surface area contributed by atoms with Gasteiger partial charge in [0.2, 0.25) is 0 Å². The molecule has 0 amide bonds. The first kappa shape index (κ1) is 11.8. The number of benzene rings is 1. The molecule has 0 bridgehead atoms. The van der Waals surface area contributed by atoms with Crippen LogP contribution in [0.2, 0.25) is 5.02 Å². The normalized spacial score (nSPS) is 11.2. The molecule has 0 aliphatic heterocycles. The van der Waals surface area contributed by atoms with Gasteiger partial charge in [0.1, 0.15) is 5.69 Å². The Balaban J connectivity index is 3.12. The zero-order valence-electron chi connectivity index (χ0n) is 8.87. The predicted molar refractivity (Wildman–Crippen MR) is 61.5 cm³/mol. The number of nitrogens with one attached hydrogen (secondary N) is 1. The van der Waals surface area contributed by atoms with Crippen molar-refractivity contribution in [2.24, 2.45) is 0 Å². The Bertz CT molecular complexity index is 385. The van der Waals surface area contributed by atoms with E-state index in [0.717, 1.165) is 0 Å². The highest BCUT2D eigenvalue weighted by molar-refractivity contribution is 6.30. The minimum absolute atomic E-state index is 0.00238. The zero-order valence-corrected chi connectivity index (χ0v) is 9.63. The number of nitro benzene ring substituents is 1. The van der Waals surface area contributed by atoms with Gasteiger partial charge in [0.15, 0.2) is 0 Å². The molecule has 82 valence electrons. The second-order valence-corrected chi connectivity index (χ2v) is 4.73. The third kappa shape index (κ3) is 3.40. The van der Waals surface area contributed by atoms with E-state index >= 15 is 0 Å². The van der Waals surface area contributed by atoms with E-state index in [1.807, 2.05) is 20.8 Å². The molecule has 0 aliphatic carbocycles. The average molecular weight is 229 g/mol. The van der Waals surface area contributed by atoms with E-state index in [0.29, 0.717) is 10.7 Å². The van der Waals surface area contributed by atoms with Gasteiger partial charge in [-0.15, -0.1) is 0 Å². The summed E-state index contributed by atoms with van der Waals surface area (Å²) in [6, 6.07) is 4.59. The fourth-order valence-corrected chi connectivity index (χ4v) is 1.33. The third-order valence-corrected chi connectivity index (χ3v) is 1.90. The van der Waals surface area contributed by atoms with Crippen LogP contribution >= 0.6 is 11.6 Å². The van der Waals surface area contributed by atoms with Gasteiger partial charge in [-0.1, -0.05) is 11.6 Å². The SMILES string of the molecule is CC(C)(C)Nc1ccc(Cl)cc1[N+](=O)[O-]. The van der Waals surface area contributed by atoms with Crippen molar-refractivity contribution in [3.8, 4) is 0 Å². The molecule has 0 atom stereocenters. The van der Waals surface area contributed by atoms with Gasteiger partial charge in [-0.25, -0.2) is 0 Å². The van der Waals surface area contributed by atoms with Crippen LogP contribution in [0, 0.1) is 10.1 Å². The summed E-state index contributed by atoms with van der Waals surface area (Å²) in [4.78, 5) is 10.3. The Morgan fingerprint density at radius 2 is 2.00 bits per heavy atom. The Morgan fingerprint density at radius 3 is 2.47 bits per heavy atom. The van der Waals surface area contributed by atoms with E-state index in [1.54, 1.807) is 12.1 Å². The summed E-state index contributed by atoms with van der Waals surface area (Å²) >= 11 is 5.70. The van der Waals surface area contributed by atoms with E-state index in [-0.39, 0.29) is 11.2 Å². The van der Waals surface area contributed by atoms with Crippen LogP contribution in [0.15, 0.2) is 18.2 Å². The Morgan fingerprint density at radius 1 is 1.40 bits per heavy atom. The molecule has 4 nitrogen and oxygen atoms in total. The standard InChI is InChI=1S/C10H13ClN2O2/c1-10(2,3)12-8-5-4-7(11)6-9(8)13(14)15/h4-6,12H,1-3H3. The Hall–Kier alpha value is -1.29. The van der Waals surface area contributed by atoms with Gasteiger partial charge in [-0.3, -0.25) is 10.1 Å². The van der Waals surface area contributed by atoms with Crippen LogP contribution in [-0.2, 0) is 0 Å². The molecule has 0 saturated heterocycles. The van der Waals surface area contributed by atoms with Crippen molar-refractivity contribution in [1.82, 2.24) is 0 Å². The van der Waals surface area contributed by atoms with Crippen LogP contribution in [0.25, 0.3) is 0 Å². The third-order valence-electron chi connectivity index (χ3n) is 1.67. The molecule has 0 radical (unpaired) electrons. The van der Waals surface area contributed by atoms with Crippen molar-refractivity contribution < 1.29 is 4.92 Å². The average Bonchev–Trinajstić information content (AvgIpc) is 2.05. The zero-order chi connectivity index (χ0) is 11.6. The second-order valence-electron chi connectivity index (χ2n) is 4.29. The molecule has 0 fully saturated rings. The smallest absolute Gasteiger partial charge is 0.293 e. The highest BCUT2D eigenvalue weighted by atomic mass is 35.5. The van der Waals surface area contributed by atoms with Gasteiger partial charge < -0.3 is 5.32 Å². The summed E-state index contributed by atoms with van der Waals surface area (Å²) in [6.07, 6.45) is 0. The van der Waals surface area contributed by atoms with Gasteiger partial charge in [0.25, 0.3) is 5.69 Å². The Kier molecular flexibility index (Phi) is 3.19. The molecule has 0 aromatic heterocycles. The topological polar surface area (TPSA) is 55.2 Å². The van der Waals surface area contributed by atoms with Crippen LogP contribution in [0.4, 0.5) is 11.4 Å². The molecule has 1 rings (SSSR count). The minimum atomic E-state index is -0.444. The van der Waals surface area contributed by atoms with Gasteiger partial charge in [0.05, 0.1) is 4.92 Å². The van der Waals surface area contributed by atoms with Gasteiger partial charge >= 0.3 is 0 Å². The molecule has 5 heteroatoms. The molecule has 0 spiro atoms. The van der Waals surface area contributed by atoms with Crippen molar-refractivity contribution >= 4 is 23.0 Å². The van der Waals surface area contributed by atoms with Crippen molar-refractivity contribution in [2.45, 2.75) is 26.3 Å². The van der Waals surface area contributed by atoms with E-state index in [4.69, 9.17) is 11.6 Å². The lowest BCUT2D eigenvalue weighted by Gasteiger charge is -2.21. The molecule has 1 N–H and O–H groups in total. The summed E-state index contributed by atoms with van der Waals surface area (Å²) in [5, 5.41) is 14.2. The van der Waals surface area contributed by atoms with Gasteiger partial charge in [-0.05, 0) is 32.9 Å². The highest BCUT2D eigenvalue weighted by Gasteiger charge is 2.18. The number of halogens is 1. The molecule has 0 saturated carbocycles. The number of anilines is 1. The van der Waals surface area contributed by atoms with Crippen molar-refractivity contribution in [3.05, 3.63) is 33.3 Å². The number of rotatable bonds is 2. The first-order chi connectivity index (χ1) is 6.79. The van der Waals surface area contributed by atoms with Gasteiger partial charge in [0, 0.05) is 16.6 Å². The summed E-state index contributed by atoms with van der Waals surface area (Å²) in [5.74, 6) is 0. The van der Waals surface area contributed by atoms with Crippen LogP contribution in [0.5, 0.6) is 0 Å². The summed E-state index contributed by atoms with van der Waals surface area (Å²) in [6.45, 7) is 5.81. The van der Waals surface area contributed by atoms with Crippen molar-refractivity contribution in [3.63, 3.8) is 0 Å². The molecule has 1 aromatic carbocycles. The molecule has 15 heavy (non-hydrogen) atoms. The van der Waals surface area contributed by atoms with Crippen LogP contribution in [-0.4, -0.2) is 10.5 Å². The van der Waals surface area contributed by atoms with E-state index in [1.165, 1.54) is 6.07 Å². The maximum atomic E-state index is 10.8. The van der Waals surface area contributed by atoms with E-state index in [9.17, 15) is 10.1 Å². The summed E-state index contributed by atoms with van der Waals surface area (Å²) in [5.41, 5.74) is 0.257. The molecule has 0 unspecified atom stereocenters. The van der Waals surface area contributed by atoms with Crippen LogP contribution < -0.4 is 5.32 Å². The molecule has 0 aliphatic rings. The molecular weight excluding hydrogens is 216 g/mol. The number of hydrogen-bond acceptors (Lipinski definition) is 3. The quantitative estimate of drug-likeness (QED) is 0.623. The molecule has 1 aromatic rings. The first-order valence-electron chi connectivity index (χ1n) is 4.52. The number of nitro groups is 1. The van der Waals surface area contributed by atoms with E-state index in [2.05, 4.69) is 5.32 Å². The summed E-state index contributed by atoms with van der Waals surface area (Å²) < 4.78 is 0. The predicted octanol–water partition coefficient (Wildman–Crippen LogP) is 3.46. The van der Waals surface area contributed by atoms with E-state index < -0.39 is 4.92 Å². The van der Waals surface area contributed by atoms with Gasteiger partial charge in [-0.2, -0.15) is 0 Å². The Labute approximate surface area is 93.4 Å². The minimum Gasteiger partial charge on any atom is -0.375 e. The number of nitrogens with zero attached hydrogens (tertiary/aromatic N) is 1. The monoisotopic (exact) mass is 228 g/mol. The van der Waals surface area contributed by atoms with Crippen LogP contribution in [0.3, 0.4) is 0 Å². The van der Waals surface area contributed by atoms with Crippen molar-refractivity contribution in [2.75, 3.05) is 5.32 Å². The maximum Gasteiger partial charge on any atom is 0.293 e. The second kappa shape index (κ2) is 4.06. The van der Waals surface area contributed by atoms with Crippen molar-refractivity contribution in [1.29, 1.82) is 0 Å². The number of hydrogen-bond donors (Lipinski definition) is 1. The molecule has 0 heterocycles. The fourth-order valence-electron chi connectivity index (χ4n) is 1.17. The lowest BCUT2D eigenvalue weighted by atomic mass is 10.1. The fraction of sp³-hybridized carbons (Fsp3) is 0.400. The largest absolute Gasteiger partial charge is 0.375 e. The first-order valence-corrected chi connectivity index (χ1v) is 4.89. The lowest BCUT2D eigenvalue weighted by Crippen LogP contribution is -2.26. The summed E-state index contributed by atoms with van der Waals surface area (Å²) in [7, 11) is 0.